The van der Waals surface area contributed by atoms with Gasteiger partial charge in [0.1, 0.15) is 27.8 Å². The van der Waals surface area contributed by atoms with Crippen molar-refractivity contribution in [3.8, 4) is 33.5 Å². The van der Waals surface area contributed by atoms with E-state index in [2.05, 4.69) is 17.1 Å². The van der Waals surface area contributed by atoms with Crippen molar-refractivity contribution in [3.63, 3.8) is 0 Å². The summed E-state index contributed by atoms with van der Waals surface area (Å²) in [4.78, 5) is 32.8. The molecule has 10 heteroatoms. The molecule has 0 spiro atoms. The average molecular weight is 544 g/mol. The van der Waals surface area contributed by atoms with Crippen LogP contribution in [0.15, 0.2) is 53.1 Å². The van der Waals surface area contributed by atoms with Gasteiger partial charge in [0.25, 0.3) is 0 Å². The second kappa shape index (κ2) is 10.3. The van der Waals surface area contributed by atoms with Gasteiger partial charge in [0, 0.05) is 62.1 Å². The van der Waals surface area contributed by atoms with Crippen LogP contribution in [-0.2, 0) is 16.1 Å². The monoisotopic (exact) mass is 543 g/mol. The van der Waals surface area contributed by atoms with Crippen molar-refractivity contribution in [2.24, 2.45) is 5.92 Å². The molecule has 200 valence electrons. The van der Waals surface area contributed by atoms with E-state index in [1.165, 1.54) is 0 Å². The number of likely N-dealkylation sites (tertiary alicyclic amines) is 2. The minimum Gasteiger partial charge on any atom is -0.457 e. The topological polar surface area (TPSA) is 102 Å². The van der Waals surface area contributed by atoms with Crippen LogP contribution in [0.1, 0.15) is 41.9 Å². The van der Waals surface area contributed by atoms with Gasteiger partial charge in [0.05, 0.1) is 5.69 Å². The first kappa shape index (κ1) is 25.2. The van der Waals surface area contributed by atoms with Crippen LogP contribution in [0.4, 0.5) is 0 Å². The lowest BCUT2D eigenvalue weighted by molar-refractivity contribution is -0.128. The van der Waals surface area contributed by atoms with Gasteiger partial charge in [-0.2, -0.15) is 0 Å². The lowest BCUT2D eigenvalue weighted by Crippen LogP contribution is -2.24. The fourth-order valence-corrected chi connectivity index (χ4v) is 5.81. The maximum atomic E-state index is 12.5. The fraction of sp³-hybridized carbons (Fsp3) is 0.345. The SMILES string of the molecule is Cc1nnc(-c2ccc(Oc3cc(-c4nc(C5CC(=O)N(C)C5)co4)ccc3CN3CC(C)CC3=O)cc2)s1. The lowest BCUT2D eigenvalue weighted by Gasteiger charge is -2.19. The van der Waals surface area contributed by atoms with Gasteiger partial charge in [-0.3, -0.25) is 9.59 Å². The first-order valence-electron chi connectivity index (χ1n) is 13.0. The molecule has 2 aromatic heterocycles. The highest BCUT2D eigenvalue weighted by atomic mass is 32.1. The van der Waals surface area contributed by atoms with E-state index in [1.807, 2.05) is 54.3 Å². The Morgan fingerprint density at radius 3 is 2.49 bits per heavy atom. The van der Waals surface area contributed by atoms with E-state index in [4.69, 9.17) is 14.1 Å². The normalized spacial score (nSPS) is 19.4. The number of amides is 2. The van der Waals surface area contributed by atoms with Crippen molar-refractivity contribution < 1.29 is 18.7 Å². The van der Waals surface area contributed by atoms with Crippen molar-refractivity contribution in [2.75, 3.05) is 20.1 Å². The Balaban J connectivity index is 1.28. The molecule has 2 unspecified atom stereocenters. The maximum Gasteiger partial charge on any atom is 0.226 e. The number of nitrogens with zero attached hydrogens (tertiary/aromatic N) is 5. The Kier molecular flexibility index (Phi) is 6.64. The second-order valence-corrected chi connectivity index (χ2v) is 11.6. The number of oxazole rings is 1. The van der Waals surface area contributed by atoms with Crippen LogP contribution >= 0.6 is 11.3 Å². The van der Waals surface area contributed by atoms with Gasteiger partial charge in [-0.1, -0.05) is 24.3 Å². The predicted octanol–water partition coefficient (Wildman–Crippen LogP) is 5.27. The van der Waals surface area contributed by atoms with Crippen LogP contribution in [0.2, 0.25) is 0 Å². The summed E-state index contributed by atoms with van der Waals surface area (Å²) in [5.41, 5.74) is 3.41. The molecular formula is C29H29N5O4S. The smallest absolute Gasteiger partial charge is 0.226 e. The molecule has 0 radical (unpaired) electrons. The van der Waals surface area contributed by atoms with Gasteiger partial charge in [0.15, 0.2) is 0 Å². The summed E-state index contributed by atoms with van der Waals surface area (Å²) >= 11 is 1.54. The number of carbonyl (C=O) groups is 2. The molecule has 2 aliphatic rings. The number of benzene rings is 2. The minimum atomic E-state index is 0.0218. The summed E-state index contributed by atoms with van der Waals surface area (Å²) in [6.07, 6.45) is 2.64. The van der Waals surface area contributed by atoms with Gasteiger partial charge in [0.2, 0.25) is 17.7 Å². The van der Waals surface area contributed by atoms with E-state index < -0.39 is 0 Å². The van der Waals surface area contributed by atoms with E-state index >= 15 is 0 Å². The van der Waals surface area contributed by atoms with E-state index in [9.17, 15) is 9.59 Å². The number of aromatic nitrogens is 3. The van der Waals surface area contributed by atoms with Crippen LogP contribution in [0, 0.1) is 12.8 Å². The molecule has 2 saturated heterocycles. The first-order valence-corrected chi connectivity index (χ1v) is 13.8. The number of aryl methyl sites for hydroxylation is 1. The van der Waals surface area contributed by atoms with Gasteiger partial charge < -0.3 is 19.0 Å². The number of rotatable bonds is 7. The maximum absolute atomic E-state index is 12.5. The van der Waals surface area contributed by atoms with Crippen molar-refractivity contribution in [2.45, 2.75) is 39.2 Å². The van der Waals surface area contributed by atoms with E-state index in [1.54, 1.807) is 29.5 Å². The third-order valence-electron chi connectivity index (χ3n) is 7.22. The number of ether oxygens (including phenoxy) is 1. The van der Waals surface area contributed by atoms with Crippen LogP contribution < -0.4 is 4.74 Å². The summed E-state index contributed by atoms with van der Waals surface area (Å²) in [5, 5.41) is 10.1. The van der Waals surface area contributed by atoms with E-state index in [0.29, 0.717) is 49.2 Å². The molecule has 0 aliphatic carbocycles. The predicted molar refractivity (Wildman–Crippen MR) is 146 cm³/mol. The summed E-state index contributed by atoms with van der Waals surface area (Å²) in [6, 6.07) is 13.5. The molecule has 2 aliphatic heterocycles. The first-order chi connectivity index (χ1) is 18.8. The minimum absolute atomic E-state index is 0.0218. The van der Waals surface area contributed by atoms with Crippen molar-refractivity contribution >= 4 is 23.2 Å². The van der Waals surface area contributed by atoms with Crippen molar-refractivity contribution in [1.82, 2.24) is 25.0 Å². The van der Waals surface area contributed by atoms with Crippen molar-refractivity contribution in [1.29, 1.82) is 0 Å². The third-order valence-corrected chi connectivity index (χ3v) is 8.11. The molecule has 0 N–H and O–H groups in total. The van der Waals surface area contributed by atoms with Gasteiger partial charge >= 0.3 is 0 Å². The number of carbonyl (C=O) groups excluding carboxylic acids is 2. The highest BCUT2D eigenvalue weighted by Gasteiger charge is 2.31. The Morgan fingerprint density at radius 1 is 1.03 bits per heavy atom. The number of likely N-dealkylation sites (N-methyl/N-ethyl adjacent to an activating group) is 1. The molecule has 0 bridgehead atoms. The highest BCUT2D eigenvalue weighted by molar-refractivity contribution is 7.14. The Hall–Kier alpha value is -4.05. The zero-order valence-corrected chi connectivity index (χ0v) is 22.9. The van der Waals surface area contributed by atoms with E-state index in [0.717, 1.165) is 38.9 Å². The second-order valence-electron chi connectivity index (χ2n) is 10.4. The van der Waals surface area contributed by atoms with Crippen LogP contribution in [0.5, 0.6) is 11.5 Å². The number of hydrogen-bond acceptors (Lipinski definition) is 8. The molecule has 39 heavy (non-hydrogen) atoms. The molecule has 9 nitrogen and oxygen atoms in total. The Labute approximate surface area is 230 Å². The Morgan fingerprint density at radius 2 is 1.82 bits per heavy atom. The van der Waals surface area contributed by atoms with Crippen molar-refractivity contribution in [3.05, 3.63) is 65.0 Å². The summed E-state index contributed by atoms with van der Waals surface area (Å²) < 4.78 is 12.2. The summed E-state index contributed by atoms with van der Waals surface area (Å²) in [7, 11) is 1.80. The molecular weight excluding hydrogens is 514 g/mol. The fourth-order valence-electron chi connectivity index (χ4n) is 5.12. The molecule has 4 aromatic rings. The van der Waals surface area contributed by atoms with Crippen LogP contribution in [-0.4, -0.2) is 56.9 Å². The summed E-state index contributed by atoms with van der Waals surface area (Å²) in [6.45, 7) is 5.85. The molecule has 2 fully saturated rings. The molecule has 2 amide bonds. The quantitative estimate of drug-likeness (QED) is 0.313. The van der Waals surface area contributed by atoms with Crippen LogP contribution in [0.25, 0.3) is 22.0 Å². The standard InChI is InChI=1S/C29H29N5O4S/c1-17-10-27(36)34(13-17)15-21-5-4-20(28-30-24(16-37-28)22-12-26(35)33(3)14-22)11-25(21)38-23-8-6-19(7-9-23)29-32-31-18(2)39-29/h4-9,11,16-17,22H,10,12-15H2,1-3H3. The molecule has 2 atom stereocenters. The zero-order chi connectivity index (χ0) is 27.1. The molecule has 0 saturated carbocycles. The van der Waals surface area contributed by atoms with Gasteiger partial charge in [-0.15, -0.1) is 10.2 Å². The van der Waals surface area contributed by atoms with Gasteiger partial charge in [-0.05, 0) is 49.2 Å². The third kappa shape index (κ3) is 5.29. The average Bonchev–Trinajstić information content (AvgIpc) is 3.70. The summed E-state index contributed by atoms with van der Waals surface area (Å²) in [5.74, 6) is 2.40. The zero-order valence-electron chi connectivity index (χ0n) is 22.1. The number of hydrogen-bond donors (Lipinski definition) is 0. The van der Waals surface area contributed by atoms with Gasteiger partial charge in [-0.25, -0.2) is 4.98 Å². The Bertz CT molecular complexity index is 1530. The van der Waals surface area contributed by atoms with Crippen LogP contribution in [0.3, 0.4) is 0 Å². The highest BCUT2D eigenvalue weighted by Crippen LogP contribution is 2.35. The van der Waals surface area contributed by atoms with E-state index in [-0.39, 0.29) is 17.7 Å². The molecule has 4 heterocycles. The lowest BCUT2D eigenvalue weighted by atomic mass is 10.1. The molecule has 6 rings (SSSR count). The molecule has 2 aromatic carbocycles. The largest absolute Gasteiger partial charge is 0.457 e.